The van der Waals surface area contributed by atoms with Gasteiger partial charge in [0, 0.05) is 11.8 Å². The van der Waals surface area contributed by atoms with E-state index >= 15 is 0 Å². The molecule has 0 radical (unpaired) electrons. The Kier molecular flexibility index (Phi) is 4.60. The van der Waals surface area contributed by atoms with Gasteiger partial charge in [0.15, 0.2) is 5.69 Å². The lowest BCUT2D eigenvalue weighted by atomic mass is 10.3. The summed E-state index contributed by atoms with van der Waals surface area (Å²) in [7, 11) is 0. The maximum absolute atomic E-state index is 10.3. The number of aryl methyl sites for hydroxylation is 1. The standard InChI is InChI=1S/C6H6N2O2.C2H6/c1-4-2-7-3-8-5(4)6(9)10;1-2/h2-3H,1H3,(H,9,10);1-2H3. The first-order valence-corrected chi connectivity index (χ1v) is 3.71. The predicted octanol–water partition coefficient (Wildman–Crippen LogP) is 1.51. The van der Waals surface area contributed by atoms with E-state index in [2.05, 4.69) is 9.97 Å². The lowest BCUT2D eigenvalue weighted by molar-refractivity contribution is 0.0689. The summed E-state index contributed by atoms with van der Waals surface area (Å²) in [6, 6.07) is 0. The zero-order valence-corrected chi connectivity index (χ0v) is 7.40. The van der Waals surface area contributed by atoms with Crippen molar-refractivity contribution in [2.45, 2.75) is 20.8 Å². The molecule has 12 heavy (non-hydrogen) atoms. The van der Waals surface area contributed by atoms with Crippen LogP contribution in [0, 0.1) is 6.92 Å². The first-order chi connectivity index (χ1) is 5.72. The van der Waals surface area contributed by atoms with E-state index in [4.69, 9.17) is 5.11 Å². The molecule has 0 aromatic carbocycles. The molecule has 0 fully saturated rings. The molecule has 0 saturated heterocycles. The van der Waals surface area contributed by atoms with Crippen molar-refractivity contribution in [3.05, 3.63) is 23.8 Å². The number of aromatic carboxylic acids is 1. The quantitative estimate of drug-likeness (QED) is 0.690. The third-order valence-electron chi connectivity index (χ3n) is 1.10. The van der Waals surface area contributed by atoms with E-state index in [0.29, 0.717) is 5.56 Å². The fraction of sp³-hybridized carbons (Fsp3) is 0.375. The fourth-order valence-corrected chi connectivity index (χ4v) is 0.623. The molecule has 0 aliphatic heterocycles. The number of hydrogen-bond acceptors (Lipinski definition) is 3. The minimum absolute atomic E-state index is 0.0648. The second-order valence-corrected chi connectivity index (χ2v) is 1.86. The smallest absolute Gasteiger partial charge is 0.354 e. The Balaban J connectivity index is 0.000000561. The molecule has 0 unspecified atom stereocenters. The fourth-order valence-electron chi connectivity index (χ4n) is 0.623. The Morgan fingerprint density at radius 1 is 1.50 bits per heavy atom. The molecule has 1 N–H and O–H groups in total. The van der Waals surface area contributed by atoms with Gasteiger partial charge in [0.1, 0.15) is 6.33 Å². The molecule has 0 aliphatic rings. The zero-order chi connectivity index (χ0) is 9.56. The topological polar surface area (TPSA) is 63.1 Å². The summed E-state index contributed by atoms with van der Waals surface area (Å²) >= 11 is 0. The number of carbonyl (C=O) groups is 1. The molecule has 0 atom stereocenters. The van der Waals surface area contributed by atoms with Gasteiger partial charge in [0.2, 0.25) is 0 Å². The van der Waals surface area contributed by atoms with E-state index in [9.17, 15) is 4.79 Å². The highest BCUT2D eigenvalue weighted by molar-refractivity contribution is 5.86. The van der Waals surface area contributed by atoms with Gasteiger partial charge in [-0.15, -0.1) is 0 Å². The van der Waals surface area contributed by atoms with Crippen LogP contribution in [0.15, 0.2) is 12.5 Å². The third kappa shape index (κ3) is 2.65. The molecule has 0 amide bonds. The predicted molar refractivity (Wildman–Crippen MR) is 45.1 cm³/mol. The second kappa shape index (κ2) is 5.23. The highest BCUT2D eigenvalue weighted by Crippen LogP contribution is 1.99. The van der Waals surface area contributed by atoms with E-state index < -0.39 is 5.97 Å². The van der Waals surface area contributed by atoms with Gasteiger partial charge in [0.05, 0.1) is 0 Å². The van der Waals surface area contributed by atoms with Gasteiger partial charge in [-0.25, -0.2) is 14.8 Å². The van der Waals surface area contributed by atoms with Crippen LogP contribution in [0.25, 0.3) is 0 Å². The molecule has 4 heteroatoms. The lowest BCUT2D eigenvalue weighted by Crippen LogP contribution is -2.02. The molecule has 1 heterocycles. The van der Waals surface area contributed by atoms with Crippen LogP contribution in [-0.2, 0) is 0 Å². The summed E-state index contributed by atoms with van der Waals surface area (Å²) in [5.74, 6) is -1.01. The minimum atomic E-state index is -1.01. The molecular formula is C8H12N2O2. The molecule has 66 valence electrons. The molecule has 1 aromatic heterocycles. The summed E-state index contributed by atoms with van der Waals surface area (Å²) in [5.41, 5.74) is 0.644. The number of nitrogens with zero attached hydrogens (tertiary/aromatic N) is 2. The van der Waals surface area contributed by atoms with Crippen molar-refractivity contribution in [3.63, 3.8) is 0 Å². The number of carboxylic acid groups (broad SMARTS) is 1. The Morgan fingerprint density at radius 3 is 2.42 bits per heavy atom. The van der Waals surface area contributed by atoms with Crippen LogP contribution >= 0.6 is 0 Å². The van der Waals surface area contributed by atoms with Crippen molar-refractivity contribution < 1.29 is 9.90 Å². The minimum Gasteiger partial charge on any atom is -0.477 e. The van der Waals surface area contributed by atoms with Crippen LogP contribution in [0.5, 0.6) is 0 Å². The number of rotatable bonds is 1. The SMILES string of the molecule is CC.Cc1cncnc1C(=O)O. The number of aromatic nitrogens is 2. The van der Waals surface area contributed by atoms with Gasteiger partial charge in [-0.3, -0.25) is 0 Å². The van der Waals surface area contributed by atoms with Crippen molar-refractivity contribution in [2.24, 2.45) is 0 Å². The molecule has 0 bridgehead atoms. The molecule has 1 aromatic rings. The lowest BCUT2D eigenvalue weighted by Gasteiger charge is -1.94. The van der Waals surface area contributed by atoms with E-state index in [-0.39, 0.29) is 5.69 Å². The van der Waals surface area contributed by atoms with Crippen molar-refractivity contribution >= 4 is 5.97 Å². The van der Waals surface area contributed by atoms with Crippen LogP contribution in [0.4, 0.5) is 0 Å². The normalized spacial score (nSPS) is 8.25. The summed E-state index contributed by atoms with van der Waals surface area (Å²) < 4.78 is 0. The van der Waals surface area contributed by atoms with Crippen LogP contribution in [0.2, 0.25) is 0 Å². The van der Waals surface area contributed by atoms with E-state index in [1.165, 1.54) is 12.5 Å². The van der Waals surface area contributed by atoms with Gasteiger partial charge < -0.3 is 5.11 Å². The van der Waals surface area contributed by atoms with Crippen molar-refractivity contribution in [2.75, 3.05) is 0 Å². The van der Waals surface area contributed by atoms with E-state index in [1.54, 1.807) is 6.92 Å². The van der Waals surface area contributed by atoms with Crippen molar-refractivity contribution in [1.29, 1.82) is 0 Å². The monoisotopic (exact) mass is 168 g/mol. The van der Waals surface area contributed by atoms with Gasteiger partial charge in [-0.05, 0) is 6.92 Å². The molecule has 0 spiro atoms. The molecule has 4 nitrogen and oxygen atoms in total. The van der Waals surface area contributed by atoms with Gasteiger partial charge >= 0.3 is 5.97 Å². The average Bonchev–Trinajstić information content (AvgIpc) is 2.08. The molecule has 0 aliphatic carbocycles. The van der Waals surface area contributed by atoms with Gasteiger partial charge in [-0.1, -0.05) is 13.8 Å². The van der Waals surface area contributed by atoms with Crippen LogP contribution in [0.1, 0.15) is 29.9 Å². The largest absolute Gasteiger partial charge is 0.477 e. The van der Waals surface area contributed by atoms with Crippen LogP contribution < -0.4 is 0 Å². The maximum Gasteiger partial charge on any atom is 0.354 e. The Hall–Kier alpha value is -1.45. The average molecular weight is 168 g/mol. The van der Waals surface area contributed by atoms with Crippen molar-refractivity contribution in [3.8, 4) is 0 Å². The number of hydrogen-bond donors (Lipinski definition) is 1. The molecular weight excluding hydrogens is 156 g/mol. The summed E-state index contributed by atoms with van der Waals surface area (Å²) in [6.45, 7) is 5.66. The summed E-state index contributed by atoms with van der Waals surface area (Å²) in [4.78, 5) is 17.6. The molecule has 1 rings (SSSR count). The van der Waals surface area contributed by atoms with E-state index in [0.717, 1.165) is 0 Å². The van der Waals surface area contributed by atoms with Crippen LogP contribution in [-0.4, -0.2) is 21.0 Å². The van der Waals surface area contributed by atoms with Gasteiger partial charge in [-0.2, -0.15) is 0 Å². The highest BCUT2D eigenvalue weighted by atomic mass is 16.4. The van der Waals surface area contributed by atoms with Crippen molar-refractivity contribution in [1.82, 2.24) is 9.97 Å². The number of carboxylic acids is 1. The zero-order valence-electron chi connectivity index (χ0n) is 7.40. The van der Waals surface area contributed by atoms with Crippen LogP contribution in [0.3, 0.4) is 0 Å². The summed E-state index contributed by atoms with van der Waals surface area (Å²) in [6.07, 6.45) is 2.69. The summed E-state index contributed by atoms with van der Waals surface area (Å²) in [5, 5.41) is 8.48. The second-order valence-electron chi connectivity index (χ2n) is 1.86. The third-order valence-corrected chi connectivity index (χ3v) is 1.10. The Morgan fingerprint density at radius 2 is 2.08 bits per heavy atom. The molecule has 0 saturated carbocycles. The van der Waals surface area contributed by atoms with Gasteiger partial charge in [0.25, 0.3) is 0 Å². The highest BCUT2D eigenvalue weighted by Gasteiger charge is 2.05. The Bertz CT molecular complexity index is 261. The first-order valence-electron chi connectivity index (χ1n) is 3.71. The Labute approximate surface area is 71.3 Å². The first kappa shape index (κ1) is 10.6. The maximum atomic E-state index is 10.3. The van der Waals surface area contributed by atoms with E-state index in [1.807, 2.05) is 13.8 Å².